The molecule has 0 saturated heterocycles. The van der Waals surface area contributed by atoms with E-state index in [-0.39, 0.29) is 5.91 Å². The SMILES string of the molecule is COc1ccc(/C=C/C(=O)NCC[C@@H](O)c2ccco2)cc1OC. The molecular weight excluding hydrogens is 310 g/mol. The molecule has 0 radical (unpaired) electrons. The Morgan fingerprint density at radius 1 is 1.29 bits per heavy atom. The lowest BCUT2D eigenvalue weighted by Gasteiger charge is -2.08. The number of carbonyl (C=O) groups is 1. The van der Waals surface area contributed by atoms with E-state index in [1.54, 1.807) is 44.6 Å². The Balaban J connectivity index is 1.82. The van der Waals surface area contributed by atoms with E-state index < -0.39 is 6.10 Å². The Hall–Kier alpha value is -2.73. The van der Waals surface area contributed by atoms with Crippen molar-refractivity contribution in [2.24, 2.45) is 0 Å². The Bertz CT molecular complexity index is 679. The van der Waals surface area contributed by atoms with Crippen LogP contribution in [0.3, 0.4) is 0 Å². The highest BCUT2D eigenvalue weighted by molar-refractivity contribution is 5.91. The first-order valence-corrected chi connectivity index (χ1v) is 7.53. The highest BCUT2D eigenvalue weighted by Gasteiger charge is 2.10. The lowest BCUT2D eigenvalue weighted by Crippen LogP contribution is -2.23. The van der Waals surface area contributed by atoms with Crippen molar-refractivity contribution in [2.45, 2.75) is 12.5 Å². The van der Waals surface area contributed by atoms with Crippen molar-refractivity contribution in [1.29, 1.82) is 0 Å². The standard InChI is InChI=1S/C18H21NO5/c1-22-16-7-5-13(12-17(16)23-2)6-8-18(21)19-10-9-14(20)15-4-3-11-24-15/h3-8,11-12,14,20H,9-10H2,1-2H3,(H,19,21)/b8-6+/t14-/m1/s1. The number of rotatable bonds is 8. The zero-order valence-electron chi connectivity index (χ0n) is 13.7. The lowest BCUT2D eigenvalue weighted by molar-refractivity contribution is -0.116. The van der Waals surface area contributed by atoms with E-state index >= 15 is 0 Å². The maximum Gasteiger partial charge on any atom is 0.244 e. The largest absolute Gasteiger partial charge is 0.493 e. The van der Waals surface area contributed by atoms with Crippen LogP contribution in [0.4, 0.5) is 0 Å². The predicted molar refractivity (Wildman–Crippen MR) is 89.9 cm³/mol. The van der Waals surface area contributed by atoms with Gasteiger partial charge in [0.1, 0.15) is 11.9 Å². The van der Waals surface area contributed by atoms with Crippen molar-refractivity contribution in [2.75, 3.05) is 20.8 Å². The van der Waals surface area contributed by atoms with Crippen LogP contribution in [0.25, 0.3) is 6.08 Å². The number of carbonyl (C=O) groups excluding carboxylic acids is 1. The number of aliphatic hydroxyl groups is 1. The minimum absolute atomic E-state index is 0.239. The van der Waals surface area contributed by atoms with Gasteiger partial charge in [-0.15, -0.1) is 0 Å². The molecule has 6 nitrogen and oxygen atoms in total. The number of amides is 1. The number of methoxy groups -OCH3 is 2. The Morgan fingerprint density at radius 2 is 2.08 bits per heavy atom. The summed E-state index contributed by atoms with van der Waals surface area (Å²) < 4.78 is 15.5. The molecular formula is C18H21NO5. The number of benzene rings is 1. The fourth-order valence-corrected chi connectivity index (χ4v) is 2.14. The average molecular weight is 331 g/mol. The Morgan fingerprint density at radius 3 is 2.75 bits per heavy atom. The zero-order valence-corrected chi connectivity index (χ0v) is 13.7. The Kier molecular flexibility index (Phi) is 6.45. The summed E-state index contributed by atoms with van der Waals surface area (Å²) in [5, 5.41) is 12.6. The van der Waals surface area contributed by atoms with E-state index in [0.29, 0.717) is 30.2 Å². The van der Waals surface area contributed by atoms with Gasteiger partial charge < -0.3 is 24.3 Å². The van der Waals surface area contributed by atoms with E-state index in [0.717, 1.165) is 5.56 Å². The summed E-state index contributed by atoms with van der Waals surface area (Å²) in [6, 6.07) is 8.79. The summed E-state index contributed by atoms with van der Waals surface area (Å²) in [7, 11) is 3.13. The molecule has 6 heteroatoms. The lowest BCUT2D eigenvalue weighted by atomic mass is 10.2. The fourth-order valence-electron chi connectivity index (χ4n) is 2.14. The van der Waals surface area contributed by atoms with Gasteiger partial charge in [-0.1, -0.05) is 6.07 Å². The molecule has 24 heavy (non-hydrogen) atoms. The minimum Gasteiger partial charge on any atom is -0.493 e. The van der Waals surface area contributed by atoms with Crippen molar-refractivity contribution in [1.82, 2.24) is 5.32 Å². The molecule has 0 saturated carbocycles. The third-order valence-electron chi connectivity index (χ3n) is 3.42. The van der Waals surface area contributed by atoms with Gasteiger partial charge in [-0.05, 0) is 42.3 Å². The van der Waals surface area contributed by atoms with Gasteiger partial charge in [-0.3, -0.25) is 4.79 Å². The average Bonchev–Trinajstić information content (AvgIpc) is 3.14. The van der Waals surface area contributed by atoms with Crippen LogP contribution in [-0.4, -0.2) is 31.8 Å². The summed E-state index contributed by atoms with van der Waals surface area (Å²) in [6.07, 6.45) is 4.27. The number of hydrogen-bond acceptors (Lipinski definition) is 5. The van der Waals surface area contributed by atoms with Gasteiger partial charge in [-0.25, -0.2) is 0 Å². The van der Waals surface area contributed by atoms with E-state index in [1.165, 1.54) is 12.3 Å². The van der Waals surface area contributed by atoms with Crippen molar-refractivity contribution in [3.63, 3.8) is 0 Å². The van der Waals surface area contributed by atoms with Crippen LogP contribution in [0.15, 0.2) is 47.1 Å². The minimum atomic E-state index is -0.727. The first-order chi connectivity index (χ1) is 11.6. The van der Waals surface area contributed by atoms with Gasteiger partial charge in [0.15, 0.2) is 11.5 Å². The second kappa shape index (κ2) is 8.79. The zero-order chi connectivity index (χ0) is 17.4. The van der Waals surface area contributed by atoms with Crippen molar-refractivity contribution >= 4 is 12.0 Å². The van der Waals surface area contributed by atoms with Crippen molar-refractivity contribution < 1.29 is 23.8 Å². The van der Waals surface area contributed by atoms with Crippen molar-refractivity contribution in [3.8, 4) is 11.5 Å². The van der Waals surface area contributed by atoms with Crippen LogP contribution in [0, 0.1) is 0 Å². The summed E-state index contributed by atoms with van der Waals surface area (Å²) in [5.74, 6) is 1.48. The summed E-state index contributed by atoms with van der Waals surface area (Å²) in [4.78, 5) is 11.8. The maximum absolute atomic E-state index is 11.8. The number of aliphatic hydroxyl groups excluding tert-OH is 1. The van der Waals surface area contributed by atoms with E-state index in [1.807, 2.05) is 6.07 Å². The highest BCUT2D eigenvalue weighted by Crippen LogP contribution is 2.27. The third-order valence-corrected chi connectivity index (χ3v) is 3.42. The molecule has 1 amide bonds. The molecule has 0 aliphatic rings. The molecule has 2 N–H and O–H groups in total. The third kappa shape index (κ3) is 4.89. The quantitative estimate of drug-likeness (QED) is 0.727. The summed E-state index contributed by atoms with van der Waals surface area (Å²) >= 11 is 0. The second-order valence-electron chi connectivity index (χ2n) is 5.06. The van der Waals surface area contributed by atoms with Gasteiger partial charge in [0.05, 0.1) is 20.5 Å². The predicted octanol–water partition coefficient (Wildman–Crippen LogP) is 2.55. The van der Waals surface area contributed by atoms with Gasteiger partial charge in [0.2, 0.25) is 5.91 Å². The van der Waals surface area contributed by atoms with Crippen LogP contribution in [-0.2, 0) is 4.79 Å². The first-order valence-electron chi connectivity index (χ1n) is 7.53. The van der Waals surface area contributed by atoms with E-state index in [2.05, 4.69) is 5.32 Å². The molecule has 0 unspecified atom stereocenters. The van der Waals surface area contributed by atoms with E-state index in [9.17, 15) is 9.90 Å². The maximum atomic E-state index is 11.8. The second-order valence-corrected chi connectivity index (χ2v) is 5.06. The number of ether oxygens (including phenoxy) is 2. The topological polar surface area (TPSA) is 80.9 Å². The smallest absolute Gasteiger partial charge is 0.244 e. The molecule has 0 aliphatic carbocycles. The molecule has 0 spiro atoms. The number of hydrogen-bond donors (Lipinski definition) is 2. The number of furan rings is 1. The van der Waals surface area contributed by atoms with Crippen LogP contribution in [0.5, 0.6) is 11.5 Å². The molecule has 1 aromatic heterocycles. The molecule has 2 aromatic rings. The molecule has 0 bridgehead atoms. The molecule has 1 heterocycles. The molecule has 1 aromatic carbocycles. The Labute approximate surface area is 140 Å². The normalized spacial score (nSPS) is 12.1. The first kappa shape index (κ1) is 17.6. The van der Waals surface area contributed by atoms with Crippen LogP contribution in [0.1, 0.15) is 23.8 Å². The molecule has 2 rings (SSSR count). The van der Waals surface area contributed by atoms with Gasteiger partial charge in [0.25, 0.3) is 0 Å². The van der Waals surface area contributed by atoms with Crippen LogP contribution < -0.4 is 14.8 Å². The summed E-state index contributed by atoms with van der Waals surface area (Å²) in [5.41, 5.74) is 0.818. The highest BCUT2D eigenvalue weighted by atomic mass is 16.5. The van der Waals surface area contributed by atoms with E-state index in [4.69, 9.17) is 13.9 Å². The monoisotopic (exact) mass is 331 g/mol. The number of nitrogens with one attached hydrogen (secondary N) is 1. The molecule has 0 aliphatic heterocycles. The van der Waals surface area contributed by atoms with Crippen LogP contribution >= 0.6 is 0 Å². The van der Waals surface area contributed by atoms with Gasteiger partial charge in [-0.2, -0.15) is 0 Å². The molecule has 128 valence electrons. The van der Waals surface area contributed by atoms with Gasteiger partial charge in [0, 0.05) is 12.6 Å². The van der Waals surface area contributed by atoms with Gasteiger partial charge >= 0.3 is 0 Å². The van der Waals surface area contributed by atoms with Crippen LogP contribution in [0.2, 0.25) is 0 Å². The molecule has 0 fully saturated rings. The fraction of sp³-hybridized carbons (Fsp3) is 0.278. The van der Waals surface area contributed by atoms with Crippen molar-refractivity contribution in [3.05, 3.63) is 54.0 Å². The summed E-state index contributed by atoms with van der Waals surface area (Å²) in [6.45, 7) is 0.344. The molecule has 1 atom stereocenters.